The molecule has 0 bridgehead atoms. The summed E-state index contributed by atoms with van der Waals surface area (Å²) in [4.78, 5) is 6.75. The van der Waals surface area contributed by atoms with Gasteiger partial charge in [0.05, 0.1) is 7.11 Å². The van der Waals surface area contributed by atoms with Gasteiger partial charge in [-0.3, -0.25) is 4.99 Å². The summed E-state index contributed by atoms with van der Waals surface area (Å²) in [6, 6.07) is 6.00. The molecule has 96 valence electrons. The molecule has 0 unspecified atom stereocenters. The molecule has 2 rings (SSSR count). The standard InChI is InChI=1S/C15H20N2O/c1-13-6-7-15(18-2)14(12-13)16-8-5-11-17-9-3-4-10-17/h5-8,11-12H,3-4,9-10H2,1-2H3. The topological polar surface area (TPSA) is 24.8 Å². The highest BCUT2D eigenvalue weighted by Crippen LogP contribution is 2.27. The summed E-state index contributed by atoms with van der Waals surface area (Å²) in [5, 5.41) is 0. The first-order chi connectivity index (χ1) is 8.79. The van der Waals surface area contributed by atoms with Crippen molar-refractivity contribution in [1.29, 1.82) is 0 Å². The highest BCUT2D eigenvalue weighted by molar-refractivity contribution is 5.75. The van der Waals surface area contributed by atoms with E-state index < -0.39 is 0 Å². The van der Waals surface area contributed by atoms with Gasteiger partial charge in [0.15, 0.2) is 0 Å². The Hall–Kier alpha value is -1.77. The van der Waals surface area contributed by atoms with Gasteiger partial charge in [0, 0.05) is 25.5 Å². The third kappa shape index (κ3) is 3.36. The first-order valence-corrected chi connectivity index (χ1v) is 6.39. The number of rotatable bonds is 4. The smallest absolute Gasteiger partial charge is 0.144 e. The van der Waals surface area contributed by atoms with E-state index >= 15 is 0 Å². The van der Waals surface area contributed by atoms with Crippen molar-refractivity contribution in [3.05, 3.63) is 36.0 Å². The molecule has 1 saturated heterocycles. The highest BCUT2D eigenvalue weighted by Gasteiger charge is 2.05. The van der Waals surface area contributed by atoms with Crippen molar-refractivity contribution in [3.8, 4) is 5.75 Å². The lowest BCUT2D eigenvalue weighted by Crippen LogP contribution is -2.10. The maximum Gasteiger partial charge on any atom is 0.144 e. The molecule has 1 aromatic rings. The van der Waals surface area contributed by atoms with E-state index in [0.29, 0.717) is 0 Å². The summed E-state index contributed by atoms with van der Waals surface area (Å²) in [5.41, 5.74) is 2.06. The van der Waals surface area contributed by atoms with Crippen molar-refractivity contribution in [1.82, 2.24) is 4.90 Å². The fourth-order valence-corrected chi connectivity index (χ4v) is 2.08. The fraction of sp³-hybridized carbons (Fsp3) is 0.400. The summed E-state index contributed by atoms with van der Waals surface area (Å²) < 4.78 is 5.28. The van der Waals surface area contributed by atoms with E-state index in [1.165, 1.54) is 18.4 Å². The zero-order chi connectivity index (χ0) is 12.8. The maximum atomic E-state index is 5.28. The summed E-state index contributed by atoms with van der Waals surface area (Å²) in [5.74, 6) is 0.812. The molecule has 0 spiro atoms. The van der Waals surface area contributed by atoms with E-state index in [1.807, 2.05) is 30.5 Å². The Morgan fingerprint density at radius 1 is 1.28 bits per heavy atom. The molecule has 0 aliphatic carbocycles. The van der Waals surface area contributed by atoms with Crippen LogP contribution in [0.25, 0.3) is 0 Å². The molecule has 0 radical (unpaired) electrons. The van der Waals surface area contributed by atoms with Crippen LogP contribution in [0.15, 0.2) is 35.5 Å². The van der Waals surface area contributed by atoms with Gasteiger partial charge in [-0.25, -0.2) is 0 Å². The average Bonchev–Trinajstić information content (AvgIpc) is 2.88. The molecule has 0 N–H and O–H groups in total. The van der Waals surface area contributed by atoms with E-state index in [1.54, 1.807) is 7.11 Å². The summed E-state index contributed by atoms with van der Waals surface area (Å²) in [7, 11) is 1.67. The molecule has 1 aliphatic rings. The molecule has 1 aromatic carbocycles. The van der Waals surface area contributed by atoms with E-state index in [-0.39, 0.29) is 0 Å². The molecule has 0 atom stereocenters. The Morgan fingerprint density at radius 3 is 2.78 bits per heavy atom. The van der Waals surface area contributed by atoms with Crippen LogP contribution in [0.2, 0.25) is 0 Å². The summed E-state index contributed by atoms with van der Waals surface area (Å²) in [6.45, 7) is 4.38. The Balaban J connectivity index is 2.01. The monoisotopic (exact) mass is 244 g/mol. The number of methoxy groups -OCH3 is 1. The Morgan fingerprint density at radius 2 is 2.06 bits per heavy atom. The van der Waals surface area contributed by atoms with Gasteiger partial charge in [-0.1, -0.05) is 6.07 Å². The minimum absolute atomic E-state index is 0.812. The van der Waals surface area contributed by atoms with Crippen LogP contribution in [-0.4, -0.2) is 31.3 Å². The number of ether oxygens (including phenoxy) is 1. The number of aliphatic imine (C=N–C) groups is 1. The molecule has 1 heterocycles. The lowest BCUT2D eigenvalue weighted by molar-refractivity contribution is 0.416. The van der Waals surface area contributed by atoms with Crippen LogP contribution < -0.4 is 4.74 Å². The number of hydrogen-bond acceptors (Lipinski definition) is 3. The number of hydrogen-bond donors (Lipinski definition) is 0. The summed E-state index contributed by atoms with van der Waals surface area (Å²) >= 11 is 0. The Bertz CT molecular complexity index is 446. The molecule has 18 heavy (non-hydrogen) atoms. The van der Waals surface area contributed by atoms with Crippen molar-refractivity contribution in [2.45, 2.75) is 19.8 Å². The largest absolute Gasteiger partial charge is 0.494 e. The van der Waals surface area contributed by atoms with Gasteiger partial charge in [0.2, 0.25) is 0 Å². The SMILES string of the molecule is COc1ccc(C)cc1N=CC=CN1CCCC1. The van der Waals surface area contributed by atoms with E-state index in [2.05, 4.69) is 23.0 Å². The van der Waals surface area contributed by atoms with Gasteiger partial charge in [-0.15, -0.1) is 0 Å². The molecule has 1 aliphatic heterocycles. The number of likely N-dealkylation sites (tertiary alicyclic amines) is 1. The third-order valence-electron chi connectivity index (χ3n) is 3.07. The van der Waals surface area contributed by atoms with E-state index in [9.17, 15) is 0 Å². The normalized spacial score (nSPS) is 16.0. The van der Waals surface area contributed by atoms with Crippen molar-refractivity contribution in [2.24, 2.45) is 4.99 Å². The van der Waals surface area contributed by atoms with Gasteiger partial charge < -0.3 is 9.64 Å². The first-order valence-electron chi connectivity index (χ1n) is 6.39. The maximum absolute atomic E-state index is 5.28. The average molecular weight is 244 g/mol. The molecule has 0 saturated carbocycles. The van der Waals surface area contributed by atoms with Crippen LogP contribution in [0.1, 0.15) is 18.4 Å². The predicted molar refractivity (Wildman–Crippen MR) is 75.8 cm³/mol. The highest BCUT2D eigenvalue weighted by atomic mass is 16.5. The fourth-order valence-electron chi connectivity index (χ4n) is 2.08. The second-order valence-electron chi connectivity index (χ2n) is 4.54. The third-order valence-corrected chi connectivity index (χ3v) is 3.07. The van der Waals surface area contributed by atoms with Crippen molar-refractivity contribution in [3.63, 3.8) is 0 Å². The second kappa shape index (κ2) is 6.24. The quantitative estimate of drug-likeness (QED) is 0.759. The van der Waals surface area contributed by atoms with Crippen molar-refractivity contribution >= 4 is 11.9 Å². The van der Waals surface area contributed by atoms with Gasteiger partial charge >= 0.3 is 0 Å². The van der Waals surface area contributed by atoms with Crippen molar-refractivity contribution < 1.29 is 4.74 Å². The lowest BCUT2D eigenvalue weighted by Gasteiger charge is -2.08. The zero-order valence-corrected chi connectivity index (χ0v) is 11.1. The Labute approximate surface area is 109 Å². The van der Waals surface area contributed by atoms with Crippen LogP contribution in [0.5, 0.6) is 5.75 Å². The number of allylic oxidation sites excluding steroid dienone is 1. The van der Waals surface area contributed by atoms with Gasteiger partial charge in [-0.05, 0) is 43.5 Å². The van der Waals surface area contributed by atoms with Gasteiger partial charge in [-0.2, -0.15) is 0 Å². The zero-order valence-electron chi connectivity index (χ0n) is 11.1. The molecule has 3 nitrogen and oxygen atoms in total. The molecule has 0 aromatic heterocycles. The van der Waals surface area contributed by atoms with Gasteiger partial charge in [0.1, 0.15) is 11.4 Å². The van der Waals surface area contributed by atoms with Crippen LogP contribution in [0.3, 0.4) is 0 Å². The van der Waals surface area contributed by atoms with E-state index in [0.717, 1.165) is 24.5 Å². The minimum Gasteiger partial charge on any atom is -0.494 e. The van der Waals surface area contributed by atoms with Crippen LogP contribution in [0, 0.1) is 6.92 Å². The lowest BCUT2D eigenvalue weighted by atomic mass is 10.2. The minimum atomic E-state index is 0.812. The van der Waals surface area contributed by atoms with Crippen LogP contribution >= 0.6 is 0 Å². The van der Waals surface area contributed by atoms with E-state index in [4.69, 9.17) is 4.74 Å². The molecule has 3 heteroatoms. The number of nitrogens with zero attached hydrogens (tertiary/aromatic N) is 2. The van der Waals surface area contributed by atoms with Crippen LogP contribution in [-0.2, 0) is 0 Å². The van der Waals surface area contributed by atoms with Gasteiger partial charge in [0.25, 0.3) is 0 Å². The molecular weight excluding hydrogens is 224 g/mol. The van der Waals surface area contributed by atoms with Crippen molar-refractivity contribution in [2.75, 3.05) is 20.2 Å². The number of benzene rings is 1. The molecule has 0 amide bonds. The second-order valence-corrected chi connectivity index (χ2v) is 4.54. The number of aryl methyl sites for hydroxylation is 1. The van der Waals surface area contributed by atoms with Crippen LogP contribution in [0.4, 0.5) is 5.69 Å². The molecule has 1 fully saturated rings. The predicted octanol–water partition coefficient (Wildman–Crippen LogP) is 3.32. The molecular formula is C15H20N2O. The summed E-state index contributed by atoms with van der Waals surface area (Å²) in [6.07, 6.45) is 8.53. The first kappa shape index (κ1) is 12.7. The Kier molecular flexibility index (Phi) is 4.40.